The van der Waals surface area contributed by atoms with Crippen LogP contribution >= 0.6 is 23.2 Å². The number of benzene rings is 2. The van der Waals surface area contributed by atoms with E-state index in [1.54, 1.807) is 18.3 Å². The summed E-state index contributed by atoms with van der Waals surface area (Å²) in [6, 6.07) is 15.0. The highest BCUT2D eigenvalue weighted by Gasteiger charge is 2.43. The molecule has 0 bridgehead atoms. The predicted molar refractivity (Wildman–Crippen MR) is 142 cm³/mol. The number of ether oxygens (including phenoxy) is 1. The van der Waals surface area contributed by atoms with E-state index in [0.717, 1.165) is 43.6 Å². The van der Waals surface area contributed by atoms with Crippen molar-refractivity contribution in [2.24, 2.45) is 5.92 Å². The average Bonchev–Trinajstić information content (AvgIpc) is 3.30. The van der Waals surface area contributed by atoms with E-state index < -0.39 is 5.60 Å². The molecule has 1 N–H and O–H groups in total. The van der Waals surface area contributed by atoms with Gasteiger partial charge < -0.3 is 18.7 Å². The summed E-state index contributed by atoms with van der Waals surface area (Å²) < 4.78 is 12.8. The maximum absolute atomic E-state index is 12.0. The zero-order valence-corrected chi connectivity index (χ0v) is 22.6. The van der Waals surface area contributed by atoms with Gasteiger partial charge in [0.1, 0.15) is 12.3 Å². The van der Waals surface area contributed by atoms with Gasteiger partial charge in [0.15, 0.2) is 11.4 Å². The fraction of sp³-hybridized carbons (Fsp3) is 0.464. The van der Waals surface area contributed by atoms with E-state index in [4.69, 9.17) is 32.4 Å². The number of quaternary nitrogens is 1. The van der Waals surface area contributed by atoms with Gasteiger partial charge in [-0.25, -0.2) is 4.98 Å². The standard InChI is InChI=1S/C28H37Cl2N2O3/c1-5-11-21(6-2)28(33,22-12-8-7-9-13-22)27-31-19-24(35-27)20-32(3,4)16-10-17-34-23-14-15-25(29)26(30)18-23/h7-9,12-15,18-19,21,33H,5-6,10-11,16-17,20H2,1-4H3/q+1. The van der Waals surface area contributed by atoms with Crippen LogP contribution in [0.2, 0.25) is 10.0 Å². The van der Waals surface area contributed by atoms with E-state index in [-0.39, 0.29) is 5.92 Å². The normalized spacial score (nSPS) is 14.5. The summed E-state index contributed by atoms with van der Waals surface area (Å²) in [5, 5.41) is 13.0. The molecule has 5 nitrogen and oxygen atoms in total. The summed E-state index contributed by atoms with van der Waals surface area (Å²) in [7, 11) is 4.30. The molecule has 0 aliphatic carbocycles. The largest absolute Gasteiger partial charge is 0.493 e. The molecule has 1 heterocycles. The predicted octanol–water partition coefficient (Wildman–Crippen LogP) is 7.09. The maximum atomic E-state index is 12.0. The van der Waals surface area contributed by atoms with Crippen molar-refractivity contribution < 1.29 is 18.7 Å². The number of rotatable bonds is 13. The lowest BCUT2D eigenvalue weighted by molar-refractivity contribution is -0.904. The second kappa shape index (κ2) is 12.3. The first-order chi connectivity index (χ1) is 16.7. The molecule has 190 valence electrons. The van der Waals surface area contributed by atoms with Crippen molar-refractivity contribution in [3.05, 3.63) is 82.0 Å². The van der Waals surface area contributed by atoms with Crippen molar-refractivity contribution in [3.8, 4) is 5.75 Å². The van der Waals surface area contributed by atoms with Gasteiger partial charge in [0.25, 0.3) is 0 Å². The van der Waals surface area contributed by atoms with Crippen LogP contribution in [-0.4, -0.2) is 41.8 Å². The van der Waals surface area contributed by atoms with E-state index in [1.165, 1.54) is 0 Å². The van der Waals surface area contributed by atoms with Crippen molar-refractivity contribution in [1.29, 1.82) is 0 Å². The van der Waals surface area contributed by atoms with E-state index in [1.807, 2.05) is 36.4 Å². The maximum Gasteiger partial charge on any atom is 0.231 e. The van der Waals surface area contributed by atoms with Gasteiger partial charge in [-0.3, -0.25) is 0 Å². The summed E-state index contributed by atoms with van der Waals surface area (Å²) in [6.07, 6.45) is 5.32. The molecular weight excluding hydrogens is 483 g/mol. The number of hydrogen-bond donors (Lipinski definition) is 1. The minimum atomic E-state index is -1.25. The molecule has 0 radical (unpaired) electrons. The zero-order valence-electron chi connectivity index (χ0n) is 21.1. The molecular formula is C28H37Cl2N2O3+. The number of oxazole rings is 1. The Balaban J connectivity index is 1.66. The highest BCUT2D eigenvalue weighted by Crippen LogP contribution is 2.40. The summed E-state index contributed by atoms with van der Waals surface area (Å²) in [5.41, 5.74) is -0.434. The van der Waals surface area contributed by atoms with Crippen molar-refractivity contribution >= 4 is 23.2 Å². The quantitative estimate of drug-likeness (QED) is 0.193. The minimum absolute atomic E-state index is 0.0161. The third-order valence-electron chi connectivity index (χ3n) is 6.47. The smallest absolute Gasteiger partial charge is 0.231 e. The number of nitrogens with zero attached hydrogens (tertiary/aromatic N) is 2. The Morgan fingerprint density at radius 1 is 1.09 bits per heavy atom. The Labute approximate surface area is 219 Å². The monoisotopic (exact) mass is 519 g/mol. The molecule has 3 aromatic rings. The fourth-order valence-electron chi connectivity index (χ4n) is 4.59. The fourth-order valence-corrected chi connectivity index (χ4v) is 4.88. The first-order valence-electron chi connectivity index (χ1n) is 12.3. The molecule has 0 fully saturated rings. The topological polar surface area (TPSA) is 55.5 Å². The first-order valence-corrected chi connectivity index (χ1v) is 13.1. The van der Waals surface area contributed by atoms with Gasteiger partial charge in [-0.2, -0.15) is 0 Å². The molecule has 2 unspecified atom stereocenters. The van der Waals surface area contributed by atoms with E-state index in [2.05, 4.69) is 32.9 Å². The lowest BCUT2D eigenvalue weighted by Gasteiger charge is -2.33. The first kappa shape index (κ1) is 27.5. The zero-order chi connectivity index (χ0) is 25.5. The van der Waals surface area contributed by atoms with Crippen LogP contribution in [0.1, 0.15) is 56.7 Å². The van der Waals surface area contributed by atoms with Crippen LogP contribution in [0.15, 0.2) is 59.1 Å². The number of hydrogen-bond acceptors (Lipinski definition) is 4. The van der Waals surface area contributed by atoms with Crippen LogP contribution in [0.3, 0.4) is 0 Å². The highest BCUT2D eigenvalue weighted by atomic mass is 35.5. The van der Waals surface area contributed by atoms with E-state index in [9.17, 15) is 5.11 Å². The van der Waals surface area contributed by atoms with Crippen LogP contribution < -0.4 is 4.74 Å². The van der Waals surface area contributed by atoms with Gasteiger partial charge in [0.05, 0.1) is 43.5 Å². The summed E-state index contributed by atoms with van der Waals surface area (Å²) >= 11 is 12.0. The molecule has 0 aliphatic heterocycles. The van der Waals surface area contributed by atoms with E-state index in [0.29, 0.717) is 39.3 Å². The summed E-state index contributed by atoms with van der Waals surface area (Å²) in [4.78, 5) is 4.58. The van der Waals surface area contributed by atoms with Gasteiger partial charge in [-0.15, -0.1) is 0 Å². The van der Waals surface area contributed by atoms with Gasteiger partial charge >= 0.3 is 0 Å². The molecule has 35 heavy (non-hydrogen) atoms. The summed E-state index contributed by atoms with van der Waals surface area (Å²) in [5.74, 6) is 1.86. The van der Waals surface area contributed by atoms with Crippen LogP contribution in [0.4, 0.5) is 0 Å². The second-order valence-corrected chi connectivity index (χ2v) is 10.6. The molecule has 3 rings (SSSR count). The second-order valence-electron chi connectivity index (χ2n) is 9.75. The average molecular weight is 521 g/mol. The van der Waals surface area contributed by atoms with Crippen molar-refractivity contribution in [2.75, 3.05) is 27.2 Å². The van der Waals surface area contributed by atoms with Gasteiger partial charge in [-0.05, 0) is 30.5 Å². The minimum Gasteiger partial charge on any atom is -0.493 e. The van der Waals surface area contributed by atoms with Crippen molar-refractivity contribution in [3.63, 3.8) is 0 Å². The molecule has 1 aromatic heterocycles. The Morgan fingerprint density at radius 2 is 1.83 bits per heavy atom. The molecule has 2 aromatic carbocycles. The van der Waals surface area contributed by atoms with Crippen molar-refractivity contribution in [2.45, 2.75) is 51.7 Å². The van der Waals surface area contributed by atoms with Gasteiger partial charge in [0.2, 0.25) is 5.89 Å². The van der Waals surface area contributed by atoms with Gasteiger partial charge in [-0.1, -0.05) is 73.8 Å². The molecule has 7 heteroatoms. The van der Waals surface area contributed by atoms with Crippen molar-refractivity contribution in [1.82, 2.24) is 4.98 Å². The van der Waals surface area contributed by atoms with E-state index >= 15 is 0 Å². The third-order valence-corrected chi connectivity index (χ3v) is 7.20. The van der Waals surface area contributed by atoms with Crippen LogP contribution in [-0.2, 0) is 12.1 Å². The Morgan fingerprint density at radius 3 is 2.49 bits per heavy atom. The van der Waals surface area contributed by atoms with Gasteiger partial charge in [0, 0.05) is 18.4 Å². The molecule has 0 saturated carbocycles. The van der Waals surface area contributed by atoms with Crippen LogP contribution in [0.5, 0.6) is 5.75 Å². The number of aromatic nitrogens is 1. The lowest BCUT2D eigenvalue weighted by atomic mass is 9.77. The Bertz CT molecular complexity index is 1070. The molecule has 0 amide bonds. The number of halogens is 2. The third kappa shape index (κ3) is 7.01. The molecule has 2 atom stereocenters. The Kier molecular flexibility index (Phi) is 9.65. The number of aliphatic hydroxyl groups is 1. The lowest BCUT2D eigenvalue weighted by Crippen LogP contribution is -2.40. The highest BCUT2D eigenvalue weighted by molar-refractivity contribution is 6.42. The van der Waals surface area contributed by atoms with Crippen LogP contribution in [0.25, 0.3) is 0 Å². The molecule has 0 spiro atoms. The Hall–Kier alpha value is -2.05. The molecule has 0 aliphatic rings. The van der Waals surface area contributed by atoms with Crippen LogP contribution in [0, 0.1) is 5.92 Å². The SMILES string of the molecule is CCCC(CC)C(O)(c1ccccc1)c1ncc(C[N+](C)(C)CCCOc2ccc(Cl)c(Cl)c2)o1. The summed E-state index contributed by atoms with van der Waals surface area (Å²) in [6.45, 7) is 6.37. The molecule has 0 saturated heterocycles.